The quantitative estimate of drug-likeness (QED) is 0.897. The van der Waals surface area contributed by atoms with Gasteiger partial charge < -0.3 is 10.3 Å². The number of aromatic nitrogens is 4. The molecule has 1 fully saturated rings. The highest BCUT2D eigenvalue weighted by Crippen LogP contribution is 2.28. The van der Waals surface area contributed by atoms with Gasteiger partial charge in [-0.05, 0) is 37.7 Å². The van der Waals surface area contributed by atoms with Crippen molar-refractivity contribution in [3.63, 3.8) is 0 Å². The molecule has 0 atom stereocenters. The van der Waals surface area contributed by atoms with Crippen molar-refractivity contribution in [2.45, 2.75) is 57.5 Å². The third-order valence-electron chi connectivity index (χ3n) is 4.61. The minimum Gasteiger partial charge on any atom is -0.349 e. The summed E-state index contributed by atoms with van der Waals surface area (Å²) in [5.74, 6) is -0.0261. The Kier molecular flexibility index (Phi) is 4.78. The Morgan fingerprint density at radius 2 is 2.04 bits per heavy atom. The second-order valence-corrected chi connectivity index (χ2v) is 6.66. The number of H-pyrrole nitrogens is 1. The summed E-state index contributed by atoms with van der Waals surface area (Å²) < 4.78 is 1.90. The van der Waals surface area contributed by atoms with Gasteiger partial charge in [0.15, 0.2) is 0 Å². The first kappa shape index (κ1) is 16.4. The van der Waals surface area contributed by atoms with Crippen molar-refractivity contribution in [1.82, 2.24) is 25.1 Å². The van der Waals surface area contributed by atoms with Gasteiger partial charge in [0.05, 0.1) is 11.6 Å². The van der Waals surface area contributed by atoms with Crippen LogP contribution in [0.2, 0.25) is 0 Å². The zero-order chi connectivity index (χ0) is 17.1. The molecule has 0 radical (unpaired) electrons. The van der Waals surface area contributed by atoms with Crippen LogP contribution in [-0.4, -0.2) is 31.7 Å². The fourth-order valence-corrected chi connectivity index (χ4v) is 3.30. The lowest BCUT2D eigenvalue weighted by Gasteiger charge is -2.29. The largest absolute Gasteiger partial charge is 0.349 e. The number of nitrogens with zero attached hydrogens (tertiary/aromatic N) is 3. The van der Waals surface area contributed by atoms with Crippen LogP contribution in [0.25, 0.3) is 0 Å². The van der Waals surface area contributed by atoms with Gasteiger partial charge in [-0.15, -0.1) is 0 Å². The molecule has 0 spiro atoms. The van der Waals surface area contributed by atoms with Crippen LogP contribution in [0.4, 0.5) is 0 Å². The maximum atomic E-state index is 12.6. The molecule has 1 saturated carbocycles. The molecule has 7 nitrogen and oxygen atoms in total. The standard InChI is InChI=1S/C17H23N5O2/c1-11(2)16-14(7-8-15(23)21-16)17(24)20-12-3-5-13(6-4-12)22-10-18-9-19-22/h7-13H,3-6H2,1-2H3,(H,20,24)(H,21,23). The lowest BCUT2D eigenvalue weighted by Crippen LogP contribution is -2.38. The van der Waals surface area contributed by atoms with Crippen LogP contribution < -0.4 is 10.9 Å². The zero-order valence-corrected chi connectivity index (χ0v) is 14.0. The maximum absolute atomic E-state index is 12.6. The SMILES string of the molecule is CC(C)c1[nH]c(=O)ccc1C(=O)NC1CCC(n2cncn2)CC1. The van der Waals surface area contributed by atoms with Crippen molar-refractivity contribution in [3.8, 4) is 0 Å². The first-order valence-electron chi connectivity index (χ1n) is 8.42. The summed E-state index contributed by atoms with van der Waals surface area (Å²) in [5.41, 5.74) is 1.07. The van der Waals surface area contributed by atoms with Gasteiger partial charge in [-0.3, -0.25) is 9.59 Å². The average molecular weight is 329 g/mol. The summed E-state index contributed by atoms with van der Waals surface area (Å²) in [6, 6.07) is 3.54. The van der Waals surface area contributed by atoms with Gasteiger partial charge >= 0.3 is 0 Å². The zero-order valence-electron chi connectivity index (χ0n) is 14.0. The molecule has 0 aromatic carbocycles. The highest BCUT2D eigenvalue weighted by molar-refractivity contribution is 5.95. The number of aromatic amines is 1. The molecule has 2 aromatic heterocycles. The van der Waals surface area contributed by atoms with E-state index >= 15 is 0 Å². The molecular weight excluding hydrogens is 306 g/mol. The smallest absolute Gasteiger partial charge is 0.253 e. The van der Waals surface area contributed by atoms with Crippen LogP contribution >= 0.6 is 0 Å². The predicted molar refractivity (Wildman–Crippen MR) is 89.9 cm³/mol. The van der Waals surface area contributed by atoms with E-state index in [9.17, 15) is 9.59 Å². The molecule has 0 unspecified atom stereocenters. The van der Waals surface area contributed by atoms with E-state index in [1.54, 1.807) is 18.7 Å². The Hall–Kier alpha value is -2.44. The van der Waals surface area contributed by atoms with E-state index in [4.69, 9.17) is 0 Å². The molecule has 0 bridgehead atoms. The number of carbonyl (C=O) groups excluding carboxylic acids is 1. The third-order valence-corrected chi connectivity index (χ3v) is 4.61. The number of nitrogens with one attached hydrogen (secondary N) is 2. The molecule has 3 rings (SSSR count). The van der Waals surface area contributed by atoms with Crippen molar-refractivity contribution in [2.24, 2.45) is 0 Å². The van der Waals surface area contributed by atoms with Crippen LogP contribution in [0, 0.1) is 0 Å². The fourth-order valence-electron chi connectivity index (χ4n) is 3.30. The second kappa shape index (κ2) is 6.98. The average Bonchev–Trinajstić information content (AvgIpc) is 3.09. The van der Waals surface area contributed by atoms with E-state index in [0.717, 1.165) is 25.7 Å². The van der Waals surface area contributed by atoms with Crippen molar-refractivity contribution in [2.75, 3.05) is 0 Å². The molecular formula is C17H23N5O2. The number of hydrogen-bond acceptors (Lipinski definition) is 4. The number of rotatable bonds is 4. The van der Waals surface area contributed by atoms with E-state index in [2.05, 4.69) is 20.4 Å². The van der Waals surface area contributed by atoms with E-state index in [0.29, 0.717) is 17.3 Å². The molecule has 128 valence electrons. The molecule has 0 saturated heterocycles. The monoisotopic (exact) mass is 329 g/mol. The number of amides is 1. The molecule has 24 heavy (non-hydrogen) atoms. The second-order valence-electron chi connectivity index (χ2n) is 6.66. The van der Waals surface area contributed by atoms with Gasteiger partial charge in [-0.2, -0.15) is 5.10 Å². The summed E-state index contributed by atoms with van der Waals surface area (Å²) in [5, 5.41) is 7.31. The Bertz CT molecular complexity index is 743. The fraction of sp³-hybridized carbons (Fsp3) is 0.529. The minimum absolute atomic E-state index is 0.0858. The Morgan fingerprint density at radius 3 is 2.67 bits per heavy atom. The van der Waals surface area contributed by atoms with Gasteiger partial charge in [-0.1, -0.05) is 13.8 Å². The van der Waals surface area contributed by atoms with E-state index in [1.165, 1.54) is 6.07 Å². The lowest BCUT2D eigenvalue weighted by molar-refractivity contribution is 0.0920. The topological polar surface area (TPSA) is 92.7 Å². The molecule has 2 N–H and O–H groups in total. The third kappa shape index (κ3) is 3.55. The number of carbonyl (C=O) groups is 1. The number of hydrogen-bond donors (Lipinski definition) is 2. The summed E-state index contributed by atoms with van der Waals surface area (Å²) in [6.45, 7) is 3.93. The number of pyridine rings is 1. The van der Waals surface area contributed by atoms with Crippen LogP contribution in [0.15, 0.2) is 29.6 Å². The Balaban J connectivity index is 1.63. The van der Waals surface area contributed by atoms with Crippen LogP contribution in [-0.2, 0) is 0 Å². The van der Waals surface area contributed by atoms with Gasteiger partial charge in [0, 0.05) is 17.8 Å². The highest BCUT2D eigenvalue weighted by atomic mass is 16.2. The highest BCUT2D eigenvalue weighted by Gasteiger charge is 2.25. The van der Waals surface area contributed by atoms with Crippen molar-refractivity contribution in [1.29, 1.82) is 0 Å². The molecule has 2 aromatic rings. The molecule has 2 heterocycles. The van der Waals surface area contributed by atoms with E-state index in [1.807, 2.05) is 18.5 Å². The van der Waals surface area contributed by atoms with Crippen molar-refractivity contribution < 1.29 is 4.79 Å². The summed E-state index contributed by atoms with van der Waals surface area (Å²) in [6.07, 6.45) is 7.07. The molecule has 0 aliphatic heterocycles. The Morgan fingerprint density at radius 1 is 1.29 bits per heavy atom. The predicted octanol–water partition coefficient (Wildman–Crippen LogP) is 2.00. The van der Waals surface area contributed by atoms with Gasteiger partial charge in [-0.25, -0.2) is 9.67 Å². The van der Waals surface area contributed by atoms with Crippen LogP contribution in [0.3, 0.4) is 0 Å². The van der Waals surface area contributed by atoms with Crippen LogP contribution in [0.1, 0.15) is 67.5 Å². The van der Waals surface area contributed by atoms with Gasteiger partial charge in [0.1, 0.15) is 12.7 Å². The maximum Gasteiger partial charge on any atom is 0.253 e. The van der Waals surface area contributed by atoms with Crippen LogP contribution in [0.5, 0.6) is 0 Å². The van der Waals surface area contributed by atoms with Crippen molar-refractivity contribution >= 4 is 5.91 Å². The van der Waals surface area contributed by atoms with Gasteiger partial charge in [0.2, 0.25) is 5.56 Å². The first-order chi connectivity index (χ1) is 11.5. The Labute approximate surface area is 140 Å². The molecule has 1 aliphatic carbocycles. The summed E-state index contributed by atoms with van der Waals surface area (Å²) >= 11 is 0. The first-order valence-corrected chi connectivity index (χ1v) is 8.42. The van der Waals surface area contributed by atoms with Gasteiger partial charge in [0.25, 0.3) is 5.91 Å². The van der Waals surface area contributed by atoms with E-state index in [-0.39, 0.29) is 23.4 Å². The molecule has 7 heteroatoms. The van der Waals surface area contributed by atoms with E-state index < -0.39 is 0 Å². The summed E-state index contributed by atoms with van der Waals surface area (Å²) in [7, 11) is 0. The molecule has 1 amide bonds. The molecule has 1 aliphatic rings. The van der Waals surface area contributed by atoms with Crippen molar-refractivity contribution in [3.05, 3.63) is 46.4 Å². The minimum atomic E-state index is -0.177. The lowest BCUT2D eigenvalue weighted by atomic mass is 9.91. The summed E-state index contributed by atoms with van der Waals surface area (Å²) in [4.78, 5) is 30.9. The normalized spacial score (nSPS) is 21.0.